The number of phenolic OH excluding ortho intramolecular Hbond substituents is 1. The molecule has 6 aliphatic rings. The Morgan fingerprint density at radius 1 is 1.11 bits per heavy atom. The van der Waals surface area contributed by atoms with Gasteiger partial charge in [0.15, 0.2) is 0 Å². The van der Waals surface area contributed by atoms with Gasteiger partial charge in [-0.05, 0) is 110 Å². The standard InChI is InChI=1S/C32H37N3O3/c1-2-25-28-27-22(17-35(25)30(38)21-5-3-4-20(12-21)29(33)37)15-32(27)26-13-19-8-9-23(36)14-24(19)31(28,32)10-11-34(26)16-18-6-7-18/h3-5,8-9,12,14,18,22,25-28,36H,2,6-7,10-11,13,15-17H2,1H3,(H2,33,37)/t22-,25?,26?,27?,28?,31?,32?/m1/s1. The molecule has 2 saturated heterocycles. The molecule has 198 valence electrons. The van der Waals surface area contributed by atoms with E-state index in [0.717, 1.165) is 38.3 Å². The summed E-state index contributed by atoms with van der Waals surface area (Å²) in [5.41, 5.74) is 9.57. The van der Waals surface area contributed by atoms with Gasteiger partial charge < -0.3 is 15.7 Å². The van der Waals surface area contributed by atoms with Gasteiger partial charge in [0.25, 0.3) is 5.91 Å². The number of primary amides is 1. The Morgan fingerprint density at radius 2 is 1.92 bits per heavy atom. The molecule has 6 heteroatoms. The van der Waals surface area contributed by atoms with Crippen LogP contribution in [-0.2, 0) is 11.8 Å². The highest BCUT2D eigenvalue weighted by molar-refractivity contribution is 5.99. The molecule has 6 nitrogen and oxygen atoms in total. The fourth-order valence-electron chi connectivity index (χ4n) is 10.5. The van der Waals surface area contributed by atoms with Crippen molar-refractivity contribution in [3.8, 4) is 5.75 Å². The molecule has 0 aromatic heterocycles. The number of hydrogen-bond donors (Lipinski definition) is 2. The van der Waals surface area contributed by atoms with E-state index >= 15 is 0 Å². The highest BCUT2D eigenvalue weighted by Gasteiger charge is 2.85. The average Bonchev–Trinajstić information content (AvgIpc) is 3.72. The lowest BCUT2D eigenvalue weighted by Gasteiger charge is -2.88. The number of aromatic hydroxyl groups is 1. The second-order valence-corrected chi connectivity index (χ2v) is 13.2. The molecule has 2 aromatic carbocycles. The van der Waals surface area contributed by atoms with Crippen molar-refractivity contribution in [1.82, 2.24) is 9.80 Å². The molecule has 5 fully saturated rings. The van der Waals surface area contributed by atoms with E-state index in [-0.39, 0.29) is 22.8 Å². The van der Waals surface area contributed by atoms with Crippen molar-refractivity contribution in [2.45, 2.75) is 62.9 Å². The predicted molar refractivity (Wildman–Crippen MR) is 144 cm³/mol. The van der Waals surface area contributed by atoms with E-state index < -0.39 is 5.91 Å². The zero-order valence-corrected chi connectivity index (χ0v) is 22.1. The maximum absolute atomic E-state index is 14.0. The quantitative estimate of drug-likeness (QED) is 0.636. The number of phenols is 1. The van der Waals surface area contributed by atoms with Crippen molar-refractivity contribution in [3.63, 3.8) is 0 Å². The van der Waals surface area contributed by atoms with E-state index in [0.29, 0.717) is 40.7 Å². The van der Waals surface area contributed by atoms with Crippen molar-refractivity contribution >= 4 is 11.8 Å². The number of carbonyl (C=O) groups excluding carboxylic acids is 2. The van der Waals surface area contributed by atoms with Gasteiger partial charge in [-0.2, -0.15) is 0 Å². The molecule has 1 spiro atoms. The van der Waals surface area contributed by atoms with Gasteiger partial charge in [-0.25, -0.2) is 0 Å². The maximum Gasteiger partial charge on any atom is 0.254 e. The van der Waals surface area contributed by atoms with E-state index in [1.807, 2.05) is 12.1 Å². The average molecular weight is 512 g/mol. The fraction of sp³-hybridized carbons (Fsp3) is 0.562. The summed E-state index contributed by atoms with van der Waals surface area (Å²) in [6.07, 6.45) is 7.07. The lowest BCUT2D eigenvalue weighted by Crippen LogP contribution is -2.90. The lowest BCUT2D eigenvalue weighted by molar-refractivity contribution is -0.349. The number of likely N-dealkylation sites (tertiary alicyclic amines) is 2. The zero-order valence-electron chi connectivity index (χ0n) is 22.1. The normalized spacial score (nSPS) is 38.2. The first-order chi connectivity index (χ1) is 18.4. The smallest absolute Gasteiger partial charge is 0.254 e. The Hall–Kier alpha value is -2.86. The van der Waals surface area contributed by atoms with Crippen molar-refractivity contribution in [3.05, 3.63) is 64.7 Å². The Balaban J connectivity index is 1.22. The molecule has 3 saturated carbocycles. The second kappa shape index (κ2) is 7.62. The predicted octanol–water partition coefficient (Wildman–Crippen LogP) is 3.96. The van der Waals surface area contributed by atoms with Crippen LogP contribution in [0.5, 0.6) is 5.75 Å². The highest BCUT2D eigenvalue weighted by Crippen LogP contribution is 2.84. The first-order valence-electron chi connectivity index (χ1n) is 14.7. The molecule has 2 heterocycles. The Bertz CT molecular complexity index is 1370. The number of amides is 2. The van der Waals surface area contributed by atoms with Crippen LogP contribution in [0.4, 0.5) is 0 Å². The summed E-state index contributed by atoms with van der Waals surface area (Å²) in [5, 5.41) is 10.7. The largest absolute Gasteiger partial charge is 0.508 e. The topological polar surface area (TPSA) is 86.9 Å². The molecule has 2 amide bonds. The molecule has 7 atom stereocenters. The number of nitrogens with two attached hydrogens (primary N) is 1. The summed E-state index contributed by atoms with van der Waals surface area (Å²) in [6, 6.07) is 13.8. The second-order valence-electron chi connectivity index (χ2n) is 13.2. The van der Waals surface area contributed by atoms with E-state index in [4.69, 9.17) is 5.73 Å². The third-order valence-electron chi connectivity index (χ3n) is 11.8. The molecular weight excluding hydrogens is 474 g/mol. The van der Waals surface area contributed by atoms with Gasteiger partial charge in [0.05, 0.1) is 0 Å². The number of piperidine rings is 2. The van der Waals surface area contributed by atoms with Gasteiger partial charge in [-0.3, -0.25) is 14.5 Å². The summed E-state index contributed by atoms with van der Waals surface area (Å²) in [6.45, 7) is 5.40. The summed E-state index contributed by atoms with van der Waals surface area (Å²) in [4.78, 5) is 30.8. The molecule has 6 unspecified atom stereocenters. The third kappa shape index (κ3) is 2.67. The fourth-order valence-corrected chi connectivity index (χ4v) is 10.5. The highest BCUT2D eigenvalue weighted by atomic mass is 16.3. The number of rotatable bonds is 5. The van der Waals surface area contributed by atoms with Gasteiger partial charge in [0.2, 0.25) is 5.91 Å². The van der Waals surface area contributed by atoms with Crippen LogP contribution in [-0.4, -0.2) is 58.4 Å². The van der Waals surface area contributed by atoms with E-state index in [9.17, 15) is 14.7 Å². The van der Waals surface area contributed by atoms with Crippen molar-refractivity contribution < 1.29 is 14.7 Å². The summed E-state index contributed by atoms with van der Waals surface area (Å²) in [5.74, 6) is 2.35. The van der Waals surface area contributed by atoms with Crippen LogP contribution >= 0.6 is 0 Å². The minimum atomic E-state index is -0.505. The van der Waals surface area contributed by atoms with Crippen LogP contribution in [0.1, 0.15) is 70.9 Å². The number of benzene rings is 2. The Kier molecular flexibility index (Phi) is 4.63. The molecule has 2 bridgehead atoms. The Morgan fingerprint density at radius 3 is 2.68 bits per heavy atom. The van der Waals surface area contributed by atoms with Crippen LogP contribution in [0.2, 0.25) is 0 Å². The number of hydrogen-bond acceptors (Lipinski definition) is 4. The number of nitrogens with zero attached hydrogens (tertiary/aromatic N) is 2. The van der Waals surface area contributed by atoms with Gasteiger partial charge in [-0.1, -0.05) is 19.1 Å². The minimum absolute atomic E-state index is 0.0221. The van der Waals surface area contributed by atoms with Gasteiger partial charge in [-0.15, -0.1) is 0 Å². The molecule has 2 aromatic rings. The lowest BCUT2D eigenvalue weighted by atomic mass is 9.20. The zero-order chi connectivity index (χ0) is 26.0. The van der Waals surface area contributed by atoms with E-state index in [1.54, 1.807) is 18.2 Å². The SMILES string of the molecule is CCC1C2C3[C@@H](CN1C(=O)c1cccc(C(N)=O)c1)CC31C3Cc4ccc(O)cc4C21CCN3CC1CC1. The van der Waals surface area contributed by atoms with Crippen molar-refractivity contribution in [1.29, 1.82) is 0 Å². The number of carbonyl (C=O) groups is 2. The molecule has 4 aliphatic carbocycles. The van der Waals surface area contributed by atoms with Crippen molar-refractivity contribution in [2.24, 2.45) is 34.8 Å². The molecule has 0 radical (unpaired) electrons. The first kappa shape index (κ1) is 23.1. The molecular formula is C32H37N3O3. The maximum atomic E-state index is 14.0. The third-order valence-corrected chi connectivity index (χ3v) is 11.8. The van der Waals surface area contributed by atoms with Crippen LogP contribution in [0.15, 0.2) is 42.5 Å². The molecule has 8 rings (SSSR count). The van der Waals surface area contributed by atoms with E-state index in [1.165, 1.54) is 36.9 Å². The van der Waals surface area contributed by atoms with Crippen LogP contribution in [0, 0.1) is 29.1 Å². The van der Waals surface area contributed by atoms with Crippen LogP contribution in [0.25, 0.3) is 0 Å². The molecule has 2 aliphatic heterocycles. The first-order valence-corrected chi connectivity index (χ1v) is 14.7. The molecule has 38 heavy (non-hydrogen) atoms. The van der Waals surface area contributed by atoms with Gasteiger partial charge in [0.1, 0.15) is 5.75 Å². The Labute approximate surface area is 224 Å². The number of fused-ring (bicyclic) bond motifs is 1. The van der Waals surface area contributed by atoms with Crippen molar-refractivity contribution in [2.75, 3.05) is 19.6 Å². The van der Waals surface area contributed by atoms with Gasteiger partial charge in [0, 0.05) is 47.1 Å². The van der Waals surface area contributed by atoms with Crippen LogP contribution in [0.3, 0.4) is 0 Å². The summed E-state index contributed by atoms with van der Waals surface area (Å²) < 4.78 is 0. The monoisotopic (exact) mass is 511 g/mol. The van der Waals surface area contributed by atoms with Gasteiger partial charge >= 0.3 is 0 Å². The summed E-state index contributed by atoms with van der Waals surface area (Å²) >= 11 is 0. The minimum Gasteiger partial charge on any atom is -0.508 e. The van der Waals surface area contributed by atoms with E-state index in [2.05, 4.69) is 28.9 Å². The summed E-state index contributed by atoms with van der Waals surface area (Å²) in [7, 11) is 0. The van der Waals surface area contributed by atoms with Crippen LogP contribution < -0.4 is 5.73 Å². The molecule has 3 N–H and O–H groups in total.